The lowest BCUT2D eigenvalue weighted by Crippen LogP contribution is -2.52. The molecule has 0 radical (unpaired) electrons. The Bertz CT molecular complexity index is 1450. The number of rotatable bonds is 12. The molecule has 0 aromatic heterocycles. The molecule has 0 unspecified atom stereocenters. The summed E-state index contributed by atoms with van der Waals surface area (Å²) in [7, 11) is -4.24. The molecule has 40 heavy (non-hydrogen) atoms. The number of nitrogens with one attached hydrogen (secondary N) is 1. The van der Waals surface area contributed by atoms with Crippen molar-refractivity contribution in [3.63, 3.8) is 0 Å². The summed E-state index contributed by atoms with van der Waals surface area (Å²) in [5.41, 5.74) is 2.76. The number of aryl methyl sites for hydroxylation is 2. The van der Waals surface area contributed by atoms with Gasteiger partial charge in [-0.2, -0.15) is 0 Å². The Labute approximate surface area is 247 Å². The summed E-state index contributed by atoms with van der Waals surface area (Å²) in [4.78, 5) is 28.7. The Balaban J connectivity index is 2.11. The molecule has 3 rings (SSSR count). The topological polar surface area (TPSA) is 86.8 Å². The van der Waals surface area contributed by atoms with E-state index >= 15 is 0 Å². The average molecular weight is 605 g/mol. The van der Waals surface area contributed by atoms with Crippen molar-refractivity contribution < 1.29 is 18.0 Å². The fourth-order valence-corrected chi connectivity index (χ4v) is 6.17. The smallest absolute Gasteiger partial charge is 0.264 e. The van der Waals surface area contributed by atoms with Gasteiger partial charge in [0.2, 0.25) is 11.8 Å². The average Bonchev–Trinajstić information content (AvgIpc) is 2.93. The van der Waals surface area contributed by atoms with Crippen molar-refractivity contribution in [1.29, 1.82) is 0 Å². The number of anilines is 1. The highest BCUT2D eigenvalue weighted by Crippen LogP contribution is 2.35. The molecule has 0 spiro atoms. The highest BCUT2D eigenvalue weighted by Gasteiger charge is 2.34. The van der Waals surface area contributed by atoms with E-state index < -0.39 is 28.5 Å². The van der Waals surface area contributed by atoms with Crippen LogP contribution in [-0.4, -0.2) is 44.3 Å². The monoisotopic (exact) mass is 603 g/mol. The van der Waals surface area contributed by atoms with Gasteiger partial charge in [-0.1, -0.05) is 85.1 Å². The highest BCUT2D eigenvalue weighted by atomic mass is 35.5. The molecule has 10 heteroatoms. The second-order valence-electron chi connectivity index (χ2n) is 9.56. The Morgan fingerprint density at radius 1 is 0.925 bits per heavy atom. The number of carbonyl (C=O) groups excluding carboxylic acids is 2. The molecule has 0 heterocycles. The van der Waals surface area contributed by atoms with E-state index in [0.29, 0.717) is 13.0 Å². The lowest BCUT2D eigenvalue weighted by atomic mass is 10.1. The molecule has 0 saturated carbocycles. The van der Waals surface area contributed by atoms with Crippen LogP contribution in [0.4, 0.5) is 5.69 Å². The van der Waals surface area contributed by atoms with Crippen molar-refractivity contribution in [2.24, 2.45) is 0 Å². The second kappa shape index (κ2) is 14.0. The summed E-state index contributed by atoms with van der Waals surface area (Å²) >= 11 is 12.8. The van der Waals surface area contributed by atoms with Crippen LogP contribution in [0, 0.1) is 13.8 Å². The van der Waals surface area contributed by atoms with Gasteiger partial charge in [0.1, 0.15) is 12.6 Å². The van der Waals surface area contributed by atoms with Crippen LogP contribution in [0.1, 0.15) is 43.4 Å². The van der Waals surface area contributed by atoms with Crippen LogP contribution < -0.4 is 9.62 Å². The minimum atomic E-state index is -4.24. The van der Waals surface area contributed by atoms with Gasteiger partial charge in [-0.15, -0.1) is 0 Å². The van der Waals surface area contributed by atoms with E-state index in [1.54, 1.807) is 24.3 Å². The molecule has 0 bridgehead atoms. The lowest BCUT2D eigenvalue weighted by molar-refractivity contribution is -0.140. The van der Waals surface area contributed by atoms with Gasteiger partial charge in [0.25, 0.3) is 10.0 Å². The normalized spacial score (nSPS) is 12.1. The minimum absolute atomic E-state index is 0.000117. The lowest BCUT2D eigenvalue weighted by Gasteiger charge is -2.33. The first-order valence-corrected chi connectivity index (χ1v) is 15.4. The number of halogens is 2. The van der Waals surface area contributed by atoms with Gasteiger partial charge in [0.05, 0.1) is 20.6 Å². The molecule has 3 aromatic rings. The van der Waals surface area contributed by atoms with Crippen LogP contribution in [0.5, 0.6) is 0 Å². The molecule has 0 aliphatic carbocycles. The summed E-state index contributed by atoms with van der Waals surface area (Å²) in [5.74, 6) is -0.839. The zero-order chi connectivity index (χ0) is 29.4. The first-order valence-electron chi connectivity index (χ1n) is 13.2. The van der Waals surface area contributed by atoms with Crippen molar-refractivity contribution in [3.8, 4) is 0 Å². The fourth-order valence-electron chi connectivity index (χ4n) is 4.29. The Morgan fingerprint density at radius 2 is 1.60 bits per heavy atom. The molecular weight excluding hydrogens is 569 g/mol. The van der Waals surface area contributed by atoms with Crippen LogP contribution in [0.2, 0.25) is 10.0 Å². The number of benzene rings is 3. The standard InChI is InChI=1S/C30H35Cl2N3O4S/c1-5-18-33-30(37)26(6-2)34(19-23-11-8-7-10-22(23)4)28(36)20-35(27-13-9-12-25(31)29(27)32)40(38,39)24-16-14-21(3)15-17-24/h7-17,26H,5-6,18-20H2,1-4H3,(H,33,37)/t26-/m1/s1. The molecule has 1 atom stereocenters. The minimum Gasteiger partial charge on any atom is -0.354 e. The summed E-state index contributed by atoms with van der Waals surface area (Å²) < 4.78 is 28.9. The van der Waals surface area contributed by atoms with Crippen LogP contribution in [0.3, 0.4) is 0 Å². The van der Waals surface area contributed by atoms with Gasteiger partial charge in [0, 0.05) is 13.1 Å². The van der Waals surface area contributed by atoms with Crippen molar-refractivity contribution in [1.82, 2.24) is 10.2 Å². The van der Waals surface area contributed by atoms with E-state index in [4.69, 9.17) is 23.2 Å². The SMILES string of the molecule is CCCNC(=O)[C@@H](CC)N(Cc1ccccc1C)C(=O)CN(c1cccc(Cl)c1Cl)S(=O)(=O)c1ccc(C)cc1. The first-order chi connectivity index (χ1) is 19.0. The zero-order valence-corrected chi connectivity index (χ0v) is 25.5. The van der Waals surface area contributed by atoms with Crippen molar-refractivity contribution in [2.75, 3.05) is 17.4 Å². The van der Waals surface area contributed by atoms with E-state index in [0.717, 1.165) is 27.4 Å². The fraction of sp³-hybridized carbons (Fsp3) is 0.333. The number of carbonyl (C=O) groups is 2. The maximum absolute atomic E-state index is 14.1. The molecule has 3 aromatic carbocycles. The van der Waals surface area contributed by atoms with Crippen LogP contribution in [0.25, 0.3) is 0 Å². The molecule has 0 fully saturated rings. The third-order valence-electron chi connectivity index (χ3n) is 6.62. The third-order valence-corrected chi connectivity index (χ3v) is 9.21. The van der Waals surface area contributed by atoms with E-state index in [1.807, 2.05) is 52.0 Å². The van der Waals surface area contributed by atoms with E-state index in [-0.39, 0.29) is 33.1 Å². The Kier molecular flexibility index (Phi) is 11.0. The van der Waals surface area contributed by atoms with Crippen molar-refractivity contribution >= 4 is 50.7 Å². The summed E-state index contributed by atoms with van der Waals surface area (Å²) in [6.07, 6.45) is 1.08. The Morgan fingerprint density at radius 3 is 2.23 bits per heavy atom. The quantitative estimate of drug-likeness (QED) is 0.269. The molecule has 2 amide bonds. The van der Waals surface area contributed by atoms with E-state index in [9.17, 15) is 18.0 Å². The maximum Gasteiger partial charge on any atom is 0.264 e. The maximum atomic E-state index is 14.1. The van der Waals surface area contributed by atoms with E-state index in [2.05, 4.69) is 5.32 Å². The predicted octanol–water partition coefficient (Wildman–Crippen LogP) is 6.14. The number of amides is 2. The molecule has 214 valence electrons. The van der Waals surface area contributed by atoms with Crippen LogP contribution in [-0.2, 0) is 26.2 Å². The summed E-state index contributed by atoms with van der Waals surface area (Å²) in [6, 6.07) is 17.7. The molecule has 1 N–H and O–H groups in total. The van der Waals surface area contributed by atoms with Crippen molar-refractivity contribution in [3.05, 3.63) is 93.5 Å². The zero-order valence-electron chi connectivity index (χ0n) is 23.2. The van der Waals surface area contributed by atoms with Gasteiger partial charge < -0.3 is 10.2 Å². The molecule has 0 aliphatic heterocycles. The number of nitrogens with zero attached hydrogens (tertiary/aromatic N) is 2. The predicted molar refractivity (Wildman–Crippen MR) is 161 cm³/mol. The molecular formula is C30H35Cl2N3O4S. The summed E-state index contributed by atoms with van der Waals surface area (Å²) in [6.45, 7) is 7.56. The second-order valence-corrected chi connectivity index (χ2v) is 12.2. The highest BCUT2D eigenvalue weighted by molar-refractivity contribution is 7.92. The summed E-state index contributed by atoms with van der Waals surface area (Å²) in [5, 5.41) is 3.04. The largest absolute Gasteiger partial charge is 0.354 e. The number of sulfonamides is 1. The van der Waals surface area contributed by atoms with Gasteiger partial charge in [-0.25, -0.2) is 8.42 Å². The number of hydrogen-bond acceptors (Lipinski definition) is 4. The van der Waals surface area contributed by atoms with Crippen LogP contribution in [0.15, 0.2) is 71.6 Å². The van der Waals surface area contributed by atoms with Gasteiger partial charge in [-0.3, -0.25) is 13.9 Å². The molecule has 0 saturated heterocycles. The van der Waals surface area contributed by atoms with E-state index in [1.165, 1.54) is 23.1 Å². The molecule has 7 nitrogen and oxygen atoms in total. The van der Waals surface area contributed by atoms with Crippen molar-refractivity contribution in [2.45, 2.75) is 58.0 Å². The number of hydrogen-bond donors (Lipinski definition) is 1. The van der Waals surface area contributed by atoms with Crippen LogP contribution >= 0.6 is 23.2 Å². The van der Waals surface area contributed by atoms with Gasteiger partial charge in [0.15, 0.2) is 0 Å². The third kappa shape index (κ3) is 7.36. The van der Waals surface area contributed by atoms with Gasteiger partial charge in [-0.05, 0) is 62.1 Å². The molecule has 0 aliphatic rings. The first kappa shape index (κ1) is 31.5. The Hall–Kier alpha value is -3.07. The van der Waals surface area contributed by atoms with Gasteiger partial charge >= 0.3 is 0 Å².